The number of benzene rings is 1. The molecule has 0 saturated carbocycles. The van der Waals surface area contributed by atoms with Crippen molar-refractivity contribution in [2.75, 3.05) is 32.6 Å². The lowest BCUT2D eigenvalue weighted by atomic mass is 10.1. The number of nitrogens with zero attached hydrogens (tertiary/aromatic N) is 1. The van der Waals surface area contributed by atoms with Crippen LogP contribution in [0.2, 0.25) is 0 Å². The number of ether oxygens (including phenoxy) is 1. The summed E-state index contributed by atoms with van der Waals surface area (Å²) in [7, 11) is 1.60. The molecule has 1 saturated heterocycles. The largest absolute Gasteiger partial charge is 0.383 e. The number of aryl methyl sites for hydroxylation is 1. The van der Waals surface area contributed by atoms with Gasteiger partial charge in [0.15, 0.2) is 0 Å². The van der Waals surface area contributed by atoms with E-state index in [2.05, 4.69) is 17.4 Å². The second-order valence-electron chi connectivity index (χ2n) is 5.25. The summed E-state index contributed by atoms with van der Waals surface area (Å²) in [4.78, 5) is 25.6. The van der Waals surface area contributed by atoms with Crippen molar-refractivity contribution in [1.29, 1.82) is 0 Å². The molecule has 1 heterocycles. The van der Waals surface area contributed by atoms with Crippen LogP contribution in [-0.2, 0) is 14.3 Å². The molecule has 1 aliphatic heterocycles. The van der Waals surface area contributed by atoms with Crippen molar-refractivity contribution in [1.82, 2.24) is 10.2 Å². The molecule has 5 nitrogen and oxygen atoms in total. The molecule has 2 amide bonds. The molecule has 1 aromatic carbocycles. The van der Waals surface area contributed by atoms with Gasteiger partial charge in [-0.1, -0.05) is 29.8 Å². The fourth-order valence-electron chi connectivity index (χ4n) is 2.31. The minimum Gasteiger partial charge on any atom is -0.383 e. The van der Waals surface area contributed by atoms with Crippen molar-refractivity contribution < 1.29 is 14.3 Å². The Kier molecular flexibility index (Phi) is 6.27. The van der Waals surface area contributed by atoms with Crippen molar-refractivity contribution in [3.05, 3.63) is 35.4 Å². The fraction of sp³-hybridized carbons (Fsp3) is 0.500. The lowest BCUT2D eigenvalue weighted by molar-refractivity contribution is -0.129. The number of rotatable bonds is 7. The van der Waals surface area contributed by atoms with Gasteiger partial charge >= 0.3 is 0 Å². The number of hydrogen-bond acceptors (Lipinski definition) is 4. The molecule has 120 valence electrons. The van der Waals surface area contributed by atoms with Crippen molar-refractivity contribution >= 4 is 23.6 Å². The summed E-state index contributed by atoms with van der Waals surface area (Å²) >= 11 is 1.62. The summed E-state index contributed by atoms with van der Waals surface area (Å²) in [5.74, 6) is 0.522. The van der Waals surface area contributed by atoms with Crippen molar-refractivity contribution in [3.63, 3.8) is 0 Å². The highest BCUT2D eigenvalue weighted by molar-refractivity contribution is 8.00. The SMILES string of the molecule is COCCNC(=O)CCN1C(=O)CSC1c1ccc(C)cc1. The molecule has 2 rings (SSSR count). The van der Waals surface area contributed by atoms with Crippen molar-refractivity contribution in [2.45, 2.75) is 18.7 Å². The lowest BCUT2D eigenvalue weighted by Gasteiger charge is -2.24. The highest BCUT2D eigenvalue weighted by atomic mass is 32.2. The van der Waals surface area contributed by atoms with Gasteiger partial charge in [-0.05, 0) is 12.5 Å². The van der Waals surface area contributed by atoms with E-state index in [1.54, 1.807) is 23.8 Å². The van der Waals surface area contributed by atoms with E-state index in [9.17, 15) is 9.59 Å². The highest BCUT2D eigenvalue weighted by Crippen LogP contribution is 2.38. The third-order valence-corrected chi connectivity index (χ3v) is 4.79. The summed E-state index contributed by atoms with van der Waals surface area (Å²) in [5, 5.41) is 2.79. The van der Waals surface area contributed by atoms with Crippen LogP contribution in [0.15, 0.2) is 24.3 Å². The normalized spacial score (nSPS) is 17.8. The number of carbonyl (C=O) groups is 2. The number of nitrogens with one attached hydrogen (secondary N) is 1. The van der Waals surface area contributed by atoms with Crippen LogP contribution in [0.5, 0.6) is 0 Å². The smallest absolute Gasteiger partial charge is 0.233 e. The average Bonchev–Trinajstić information content (AvgIpc) is 2.87. The van der Waals surface area contributed by atoms with Gasteiger partial charge in [0.2, 0.25) is 11.8 Å². The summed E-state index contributed by atoms with van der Waals surface area (Å²) in [6.07, 6.45) is 0.318. The molecule has 1 aliphatic rings. The molecule has 0 aliphatic carbocycles. The van der Waals surface area contributed by atoms with E-state index in [0.717, 1.165) is 5.56 Å². The first-order valence-electron chi connectivity index (χ1n) is 7.35. The molecule has 0 spiro atoms. The van der Waals surface area contributed by atoms with Gasteiger partial charge < -0.3 is 15.0 Å². The van der Waals surface area contributed by atoms with Crippen LogP contribution in [0.1, 0.15) is 22.9 Å². The maximum atomic E-state index is 12.1. The molecule has 0 radical (unpaired) electrons. The highest BCUT2D eigenvalue weighted by Gasteiger charge is 2.32. The molecule has 0 bridgehead atoms. The minimum absolute atomic E-state index is 0.0138. The van der Waals surface area contributed by atoms with Gasteiger partial charge in [0.05, 0.1) is 12.4 Å². The van der Waals surface area contributed by atoms with E-state index < -0.39 is 0 Å². The molecule has 6 heteroatoms. The number of carbonyl (C=O) groups excluding carboxylic acids is 2. The van der Waals surface area contributed by atoms with Gasteiger partial charge in [0.1, 0.15) is 5.37 Å². The van der Waals surface area contributed by atoms with E-state index in [4.69, 9.17) is 4.74 Å². The first-order chi connectivity index (χ1) is 10.6. The molecule has 0 aromatic heterocycles. The van der Waals surface area contributed by atoms with Crippen LogP contribution >= 0.6 is 11.8 Å². The van der Waals surface area contributed by atoms with E-state index in [1.807, 2.05) is 19.1 Å². The topological polar surface area (TPSA) is 58.6 Å². The molecule has 1 fully saturated rings. The quantitative estimate of drug-likeness (QED) is 0.777. The zero-order valence-corrected chi connectivity index (χ0v) is 13.8. The van der Waals surface area contributed by atoms with Gasteiger partial charge in [-0.3, -0.25) is 9.59 Å². The van der Waals surface area contributed by atoms with E-state index in [-0.39, 0.29) is 17.2 Å². The van der Waals surface area contributed by atoms with Crippen LogP contribution < -0.4 is 5.32 Å². The van der Waals surface area contributed by atoms with Crippen molar-refractivity contribution in [3.8, 4) is 0 Å². The Labute approximate surface area is 135 Å². The third kappa shape index (κ3) is 4.48. The molecular weight excluding hydrogens is 300 g/mol. The fourth-order valence-corrected chi connectivity index (χ4v) is 3.52. The van der Waals surface area contributed by atoms with Gasteiger partial charge in [-0.15, -0.1) is 11.8 Å². The Hall–Kier alpha value is -1.53. The number of amides is 2. The number of hydrogen-bond donors (Lipinski definition) is 1. The van der Waals surface area contributed by atoms with Gasteiger partial charge in [-0.2, -0.15) is 0 Å². The Bertz CT molecular complexity index is 519. The molecule has 22 heavy (non-hydrogen) atoms. The molecular formula is C16H22N2O3S. The summed E-state index contributed by atoms with van der Waals surface area (Å²) in [5.41, 5.74) is 2.31. The van der Waals surface area contributed by atoms with Gasteiger partial charge in [0.25, 0.3) is 0 Å². The minimum atomic E-state index is -0.0515. The second-order valence-corrected chi connectivity index (χ2v) is 6.32. The maximum Gasteiger partial charge on any atom is 0.233 e. The zero-order valence-electron chi connectivity index (χ0n) is 13.0. The molecule has 1 atom stereocenters. The van der Waals surface area contributed by atoms with Gasteiger partial charge in [-0.25, -0.2) is 0 Å². The predicted molar refractivity (Wildman–Crippen MR) is 87.6 cm³/mol. The van der Waals surface area contributed by atoms with Crippen LogP contribution in [-0.4, -0.2) is 49.3 Å². The summed E-state index contributed by atoms with van der Waals surface area (Å²) < 4.78 is 4.89. The Morgan fingerprint density at radius 3 is 2.82 bits per heavy atom. The zero-order chi connectivity index (χ0) is 15.9. The standard InChI is InChI=1S/C16H22N2O3S/c1-12-3-5-13(6-4-12)16-18(15(20)11-22-16)9-7-14(19)17-8-10-21-2/h3-6,16H,7-11H2,1-2H3,(H,17,19). The summed E-state index contributed by atoms with van der Waals surface area (Å²) in [6.45, 7) is 3.48. The van der Waals surface area contributed by atoms with E-state index in [0.29, 0.717) is 31.9 Å². The monoisotopic (exact) mass is 322 g/mol. The summed E-state index contributed by atoms with van der Waals surface area (Å²) in [6, 6.07) is 8.21. The Morgan fingerprint density at radius 1 is 1.41 bits per heavy atom. The van der Waals surface area contributed by atoms with E-state index >= 15 is 0 Å². The predicted octanol–water partition coefficient (Wildman–Crippen LogP) is 1.72. The first-order valence-corrected chi connectivity index (χ1v) is 8.40. The number of thioether (sulfide) groups is 1. The first kappa shape index (κ1) is 16.8. The van der Waals surface area contributed by atoms with Gasteiger partial charge in [0, 0.05) is 26.6 Å². The molecule has 1 aromatic rings. The Balaban J connectivity index is 1.91. The lowest BCUT2D eigenvalue weighted by Crippen LogP contribution is -2.34. The van der Waals surface area contributed by atoms with Crippen molar-refractivity contribution in [2.24, 2.45) is 0 Å². The van der Waals surface area contributed by atoms with Crippen LogP contribution in [0.4, 0.5) is 0 Å². The Morgan fingerprint density at radius 2 is 2.14 bits per heavy atom. The van der Waals surface area contributed by atoms with Crippen LogP contribution in [0.25, 0.3) is 0 Å². The maximum absolute atomic E-state index is 12.1. The third-order valence-electron chi connectivity index (χ3n) is 3.54. The average molecular weight is 322 g/mol. The molecule has 1 N–H and O–H groups in total. The molecule has 1 unspecified atom stereocenters. The number of methoxy groups -OCH3 is 1. The van der Waals surface area contributed by atoms with E-state index in [1.165, 1.54) is 5.56 Å². The van der Waals surface area contributed by atoms with Crippen LogP contribution in [0.3, 0.4) is 0 Å². The second kappa shape index (κ2) is 8.19. The van der Waals surface area contributed by atoms with Crippen LogP contribution in [0, 0.1) is 6.92 Å².